The van der Waals surface area contributed by atoms with Crippen LogP contribution in [0.25, 0.3) is 0 Å². The number of aryl methyl sites for hydroxylation is 1. The van der Waals surface area contributed by atoms with Crippen molar-refractivity contribution in [1.29, 1.82) is 0 Å². The number of aliphatic hydroxyl groups is 1. The minimum Gasteiger partial charge on any atom is -0.409 e. The lowest BCUT2D eigenvalue weighted by molar-refractivity contribution is -0.119. The van der Waals surface area contributed by atoms with Crippen LogP contribution in [0.15, 0.2) is 33.0 Å². The van der Waals surface area contributed by atoms with Gasteiger partial charge in [0.25, 0.3) is 0 Å². The van der Waals surface area contributed by atoms with E-state index in [1.807, 2.05) is 0 Å². The molecule has 0 fully saturated rings. The first-order valence-corrected chi connectivity index (χ1v) is 9.97. The molecule has 1 aromatic heterocycles. The Hall–Kier alpha value is -2.66. The van der Waals surface area contributed by atoms with E-state index in [0.717, 1.165) is 29.3 Å². The summed E-state index contributed by atoms with van der Waals surface area (Å²) in [5.74, 6) is -0.612. The van der Waals surface area contributed by atoms with Crippen LogP contribution in [0.5, 0.6) is 0 Å². The number of nitrogens with zero attached hydrogens (tertiary/aromatic N) is 3. The van der Waals surface area contributed by atoms with Gasteiger partial charge < -0.3 is 20.9 Å². The van der Waals surface area contributed by atoms with E-state index in [4.69, 9.17) is 4.63 Å². The molecule has 0 bridgehead atoms. The monoisotopic (exact) mass is 423 g/mol. The molecule has 0 saturated carbocycles. The summed E-state index contributed by atoms with van der Waals surface area (Å²) in [4.78, 5) is 11.9. The van der Waals surface area contributed by atoms with Gasteiger partial charge in [-0.15, -0.1) is 0 Å². The quantitative estimate of drug-likeness (QED) is 0.174. The zero-order chi connectivity index (χ0) is 21.0. The van der Waals surface area contributed by atoms with Gasteiger partial charge >= 0.3 is 0 Å². The number of halogens is 1. The summed E-state index contributed by atoms with van der Waals surface area (Å²) in [6.45, 7) is 3.28. The Balaban J connectivity index is 1.65. The van der Waals surface area contributed by atoms with Gasteiger partial charge in [-0.2, -0.15) is 0 Å². The first kappa shape index (κ1) is 21.1. The van der Waals surface area contributed by atoms with Gasteiger partial charge in [-0.25, -0.2) is 9.02 Å². The first-order valence-electron chi connectivity index (χ1n) is 8.98. The van der Waals surface area contributed by atoms with Gasteiger partial charge in [0.15, 0.2) is 16.6 Å². The fourth-order valence-electron chi connectivity index (χ4n) is 2.95. The molecule has 3 rings (SSSR count). The van der Waals surface area contributed by atoms with Gasteiger partial charge in [0, 0.05) is 6.54 Å². The SMILES string of the molecule is CC(C)(O)CNC(=O)CSc1nonc1/C(=N\O)N[C@H]1CCc2ccc(F)cc21. The van der Waals surface area contributed by atoms with Crippen LogP contribution in [0, 0.1) is 5.82 Å². The van der Waals surface area contributed by atoms with Gasteiger partial charge in [0.2, 0.25) is 5.91 Å². The maximum Gasteiger partial charge on any atom is 0.230 e. The highest BCUT2D eigenvalue weighted by Gasteiger charge is 2.27. The van der Waals surface area contributed by atoms with Crippen LogP contribution in [0.4, 0.5) is 4.39 Å². The van der Waals surface area contributed by atoms with Crippen molar-refractivity contribution in [2.75, 3.05) is 12.3 Å². The van der Waals surface area contributed by atoms with Crippen LogP contribution in [0.2, 0.25) is 0 Å². The molecule has 0 spiro atoms. The highest BCUT2D eigenvalue weighted by Crippen LogP contribution is 2.32. The Bertz CT molecular complexity index is 912. The van der Waals surface area contributed by atoms with Crippen molar-refractivity contribution in [3.8, 4) is 0 Å². The lowest BCUT2D eigenvalue weighted by Gasteiger charge is -2.17. The summed E-state index contributed by atoms with van der Waals surface area (Å²) in [6, 6.07) is 4.37. The van der Waals surface area contributed by atoms with Gasteiger partial charge in [0.05, 0.1) is 17.4 Å². The third-order valence-corrected chi connectivity index (χ3v) is 5.29. The largest absolute Gasteiger partial charge is 0.409 e. The fraction of sp³-hybridized carbons (Fsp3) is 0.444. The number of amides is 1. The lowest BCUT2D eigenvalue weighted by atomic mass is 10.1. The Labute approximate surface area is 170 Å². The maximum atomic E-state index is 13.6. The number of carbonyl (C=O) groups is 1. The van der Waals surface area contributed by atoms with Crippen molar-refractivity contribution < 1.29 is 24.1 Å². The zero-order valence-corrected chi connectivity index (χ0v) is 16.8. The third kappa shape index (κ3) is 5.45. The van der Waals surface area contributed by atoms with Crippen LogP contribution < -0.4 is 10.6 Å². The van der Waals surface area contributed by atoms with E-state index in [9.17, 15) is 19.5 Å². The predicted molar refractivity (Wildman–Crippen MR) is 103 cm³/mol. The minimum atomic E-state index is -1.02. The summed E-state index contributed by atoms with van der Waals surface area (Å²) in [6.07, 6.45) is 1.47. The fourth-order valence-corrected chi connectivity index (χ4v) is 3.68. The number of nitrogens with one attached hydrogen (secondary N) is 2. The molecule has 1 heterocycles. The van der Waals surface area contributed by atoms with Gasteiger partial charge in [-0.3, -0.25) is 4.79 Å². The smallest absolute Gasteiger partial charge is 0.230 e. The van der Waals surface area contributed by atoms with Crippen LogP contribution in [-0.4, -0.2) is 50.3 Å². The highest BCUT2D eigenvalue weighted by atomic mass is 32.2. The molecule has 2 aromatic rings. The molecule has 1 aliphatic rings. The Morgan fingerprint density at radius 1 is 1.45 bits per heavy atom. The van der Waals surface area contributed by atoms with E-state index in [1.54, 1.807) is 19.9 Å². The molecular weight excluding hydrogens is 401 g/mol. The summed E-state index contributed by atoms with van der Waals surface area (Å²) in [5, 5.41) is 35.8. The molecule has 0 radical (unpaired) electrons. The lowest BCUT2D eigenvalue weighted by Crippen LogP contribution is -2.39. The number of thioether (sulfide) groups is 1. The number of benzene rings is 1. The topological polar surface area (TPSA) is 133 Å². The Morgan fingerprint density at radius 3 is 2.97 bits per heavy atom. The van der Waals surface area contributed by atoms with Crippen molar-refractivity contribution in [3.63, 3.8) is 0 Å². The summed E-state index contributed by atoms with van der Waals surface area (Å²) >= 11 is 1.05. The molecule has 1 amide bonds. The number of amidine groups is 1. The molecule has 11 heteroatoms. The number of oxime groups is 1. The molecule has 1 atom stereocenters. The van der Waals surface area contributed by atoms with E-state index < -0.39 is 5.60 Å². The van der Waals surface area contributed by atoms with Gasteiger partial charge in [0.1, 0.15) is 5.82 Å². The van der Waals surface area contributed by atoms with E-state index in [-0.39, 0.29) is 46.6 Å². The average molecular weight is 423 g/mol. The zero-order valence-electron chi connectivity index (χ0n) is 16.0. The van der Waals surface area contributed by atoms with E-state index in [1.165, 1.54) is 12.1 Å². The second-order valence-corrected chi connectivity index (χ2v) is 8.29. The predicted octanol–water partition coefficient (Wildman–Crippen LogP) is 1.60. The Morgan fingerprint density at radius 2 is 2.24 bits per heavy atom. The Kier molecular flexibility index (Phi) is 6.38. The molecular formula is C18H22FN5O4S. The number of hydrogen-bond acceptors (Lipinski definition) is 8. The van der Waals surface area contributed by atoms with Crippen molar-refractivity contribution in [1.82, 2.24) is 20.9 Å². The van der Waals surface area contributed by atoms with Crippen LogP contribution in [-0.2, 0) is 11.2 Å². The van der Waals surface area contributed by atoms with Gasteiger partial charge in [-0.1, -0.05) is 23.0 Å². The highest BCUT2D eigenvalue weighted by molar-refractivity contribution is 8.00. The summed E-state index contributed by atoms with van der Waals surface area (Å²) in [5.41, 5.74) is 0.955. The number of carbonyl (C=O) groups excluding carboxylic acids is 1. The third-order valence-electron chi connectivity index (χ3n) is 4.34. The molecule has 9 nitrogen and oxygen atoms in total. The van der Waals surface area contributed by atoms with Crippen LogP contribution >= 0.6 is 11.8 Å². The van der Waals surface area contributed by atoms with Crippen LogP contribution in [0.1, 0.15) is 43.1 Å². The molecule has 0 unspecified atom stereocenters. The summed E-state index contributed by atoms with van der Waals surface area (Å²) in [7, 11) is 0. The number of aromatic nitrogens is 2. The number of hydrogen-bond donors (Lipinski definition) is 4. The van der Waals surface area contributed by atoms with Crippen molar-refractivity contribution in [3.05, 3.63) is 40.8 Å². The van der Waals surface area contributed by atoms with Crippen molar-refractivity contribution in [2.24, 2.45) is 5.16 Å². The molecule has 0 aliphatic heterocycles. The normalized spacial score (nSPS) is 16.6. The van der Waals surface area contributed by atoms with E-state index in [2.05, 4.69) is 26.1 Å². The van der Waals surface area contributed by atoms with Crippen molar-refractivity contribution in [2.45, 2.75) is 43.4 Å². The maximum absolute atomic E-state index is 13.6. The van der Waals surface area contributed by atoms with E-state index >= 15 is 0 Å². The molecule has 1 aromatic carbocycles. The first-order chi connectivity index (χ1) is 13.8. The van der Waals surface area contributed by atoms with Crippen LogP contribution in [0.3, 0.4) is 0 Å². The average Bonchev–Trinajstić information content (AvgIpc) is 3.28. The number of fused-ring (bicyclic) bond motifs is 1. The summed E-state index contributed by atoms with van der Waals surface area (Å²) < 4.78 is 18.3. The standard InChI is InChI=1S/C18H22FN5O4S/c1-18(2,26)9-20-14(25)8-29-17-15(23-28-24-17)16(22-27)21-13-6-4-10-3-5-11(19)7-12(10)13/h3,5,7,13,26-27H,4,6,8-9H2,1-2H3,(H,20,25)(H,21,22)/t13-/m0/s1. The minimum absolute atomic E-state index is 0.00742. The molecule has 1 aliphatic carbocycles. The van der Waals surface area contributed by atoms with E-state index in [0.29, 0.717) is 6.42 Å². The molecule has 0 saturated heterocycles. The molecule has 156 valence electrons. The number of rotatable bonds is 7. The second-order valence-electron chi connectivity index (χ2n) is 7.32. The molecule has 4 N–H and O–H groups in total. The van der Waals surface area contributed by atoms with Gasteiger partial charge in [-0.05, 0) is 60.3 Å². The van der Waals surface area contributed by atoms with Crippen molar-refractivity contribution >= 4 is 23.5 Å². The second kappa shape index (κ2) is 8.78. The molecule has 29 heavy (non-hydrogen) atoms.